The Balaban J connectivity index is 2.38. The fraction of sp³-hybridized carbons (Fsp3) is 0.273. The van der Waals surface area contributed by atoms with E-state index >= 15 is 0 Å². The lowest BCUT2D eigenvalue weighted by atomic mass is 10.2. The number of carbonyl (C=O) groups excluding carboxylic acids is 1. The van der Waals surface area contributed by atoms with Gasteiger partial charge in [0.05, 0.1) is 17.6 Å². The first kappa shape index (κ1) is 10.5. The number of anilines is 1. The van der Waals surface area contributed by atoms with Gasteiger partial charge in [0.1, 0.15) is 5.78 Å². The lowest BCUT2D eigenvalue weighted by Crippen LogP contribution is -2.23. The van der Waals surface area contributed by atoms with E-state index < -0.39 is 0 Å². The second kappa shape index (κ2) is 3.84. The number of nitrogens with one attached hydrogen (secondary N) is 2. The zero-order valence-electron chi connectivity index (χ0n) is 9.20. The summed E-state index contributed by atoms with van der Waals surface area (Å²) in [6.45, 7) is 1.91. The molecule has 0 unspecified atom stereocenters. The molecule has 0 saturated carbocycles. The molecule has 5 heteroatoms. The van der Waals surface area contributed by atoms with Crippen LogP contribution in [-0.4, -0.2) is 29.3 Å². The number of Topliss-reactive ketones (excluding diaryl/α,β-unsaturated/α-hetero) is 1. The number of carbonyl (C=O) groups is 1. The third-order valence-corrected chi connectivity index (χ3v) is 2.40. The Labute approximate surface area is 92.1 Å². The number of imidazole rings is 1. The molecule has 0 spiro atoms. The predicted molar refractivity (Wildman–Crippen MR) is 62.9 cm³/mol. The number of hydrogen-bond donors (Lipinski definition) is 2. The molecule has 16 heavy (non-hydrogen) atoms. The van der Waals surface area contributed by atoms with Gasteiger partial charge >= 0.3 is 5.69 Å². The first-order valence-electron chi connectivity index (χ1n) is 4.99. The summed E-state index contributed by atoms with van der Waals surface area (Å²) in [5.41, 5.74) is 2.20. The summed E-state index contributed by atoms with van der Waals surface area (Å²) in [6.07, 6.45) is 0. The van der Waals surface area contributed by atoms with Crippen LogP contribution in [0.4, 0.5) is 5.69 Å². The minimum atomic E-state index is -0.221. The Morgan fingerprint density at radius 2 is 2.00 bits per heavy atom. The number of H-pyrrole nitrogens is 2. The van der Waals surface area contributed by atoms with Gasteiger partial charge in [-0.15, -0.1) is 0 Å². The minimum Gasteiger partial charge on any atom is -0.367 e. The molecular weight excluding hydrogens is 206 g/mol. The van der Waals surface area contributed by atoms with Crippen LogP contribution >= 0.6 is 0 Å². The first-order valence-corrected chi connectivity index (χ1v) is 4.99. The Kier molecular flexibility index (Phi) is 2.52. The van der Waals surface area contributed by atoms with Crippen LogP contribution in [0, 0.1) is 0 Å². The van der Waals surface area contributed by atoms with Crippen LogP contribution in [0.25, 0.3) is 11.0 Å². The Bertz CT molecular complexity index is 582. The second-order valence-electron chi connectivity index (χ2n) is 3.87. The van der Waals surface area contributed by atoms with Crippen molar-refractivity contribution in [1.29, 1.82) is 0 Å². The zero-order chi connectivity index (χ0) is 11.7. The number of rotatable bonds is 3. The standard InChI is InChI=1S/C11H13N3O2/c1-7(15)6-14(2)8-3-4-9-10(5-8)13-11(16)12-9/h3-5H,6H2,1-2H3,(H2,12,13,16). The third kappa shape index (κ3) is 1.98. The van der Waals surface area contributed by atoms with Crippen molar-refractivity contribution in [2.75, 3.05) is 18.5 Å². The number of likely N-dealkylation sites (N-methyl/N-ethyl adjacent to an activating group) is 1. The maximum absolute atomic E-state index is 11.1. The van der Waals surface area contributed by atoms with Crippen molar-refractivity contribution in [2.45, 2.75) is 6.92 Å². The normalized spacial score (nSPS) is 10.6. The van der Waals surface area contributed by atoms with Crippen molar-refractivity contribution in [3.63, 3.8) is 0 Å². The fourth-order valence-corrected chi connectivity index (χ4v) is 1.68. The molecule has 84 valence electrons. The van der Waals surface area contributed by atoms with E-state index in [1.807, 2.05) is 30.1 Å². The molecule has 0 fully saturated rings. The van der Waals surface area contributed by atoms with Gasteiger partial charge in [-0.3, -0.25) is 4.79 Å². The lowest BCUT2D eigenvalue weighted by molar-refractivity contribution is -0.115. The van der Waals surface area contributed by atoms with E-state index in [0.717, 1.165) is 16.7 Å². The molecule has 0 radical (unpaired) electrons. The summed E-state index contributed by atoms with van der Waals surface area (Å²) < 4.78 is 0. The van der Waals surface area contributed by atoms with Crippen LogP contribution < -0.4 is 10.6 Å². The summed E-state index contributed by atoms with van der Waals surface area (Å²) in [5.74, 6) is 0.102. The van der Waals surface area contributed by atoms with Gasteiger partial charge in [0.25, 0.3) is 0 Å². The number of fused-ring (bicyclic) bond motifs is 1. The molecule has 0 aliphatic heterocycles. The van der Waals surface area contributed by atoms with Crippen molar-refractivity contribution in [2.24, 2.45) is 0 Å². The monoisotopic (exact) mass is 219 g/mol. The molecule has 2 N–H and O–H groups in total. The number of hydrogen-bond acceptors (Lipinski definition) is 3. The molecule has 5 nitrogen and oxygen atoms in total. The van der Waals surface area contributed by atoms with Crippen LogP contribution in [0.5, 0.6) is 0 Å². The maximum Gasteiger partial charge on any atom is 0.323 e. The number of ketones is 1. The molecule has 1 aromatic heterocycles. The van der Waals surface area contributed by atoms with E-state index in [1.54, 1.807) is 6.92 Å². The van der Waals surface area contributed by atoms with Crippen LogP contribution in [-0.2, 0) is 4.79 Å². The van der Waals surface area contributed by atoms with Gasteiger partial charge in [-0.1, -0.05) is 0 Å². The summed E-state index contributed by atoms with van der Waals surface area (Å²) in [6, 6.07) is 5.53. The minimum absolute atomic E-state index is 0.102. The molecule has 0 aliphatic carbocycles. The number of benzene rings is 1. The van der Waals surface area contributed by atoms with Crippen molar-refractivity contribution in [3.05, 3.63) is 28.7 Å². The molecule has 0 aliphatic rings. The Hall–Kier alpha value is -2.04. The van der Waals surface area contributed by atoms with E-state index in [0.29, 0.717) is 6.54 Å². The molecule has 0 bridgehead atoms. The van der Waals surface area contributed by atoms with Gasteiger partial charge in [-0.25, -0.2) is 4.79 Å². The lowest BCUT2D eigenvalue weighted by Gasteiger charge is -2.17. The molecule has 0 amide bonds. The highest BCUT2D eigenvalue weighted by Crippen LogP contribution is 2.17. The summed E-state index contributed by atoms with van der Waals surface area (Å²) in [7, 11) is 1.84. The molecule has 2 rings (SSSR count). The molecular formula is C11H13N3O2. The second-order valence-corrected chi connectivity index (χ2v) is 3.87. The fourth-order valence-electron chi connectivity index (χ4n) is 1.68. The highest BCUT2D eigenvalue weighted by atomic mass is 16.1. The summed E-state index contributed by atoms with van der Waals surface area (Å²) in [5, 5.41) is 0. The van der Waals surface area contributed by atoms with E-state index in [1.165, 1.54) is 0 Å². The number of nitrogens with zero attached hydrogens (tertiary/aromatic N) is 1. The summed E-state index contributed by atoms with van der Waals surface area (Å²) in [4.78, 5) is 29.3. The number of aromatic amines is 2. The van der Waals surface area contributed by atoms with E-state index in [9.17, 15) is 9.59 Å². The van der Waals surface area contributed by atoms with Crippen LogP contribution in [0.3, 0.4) is 0 Å². The van der Waals surface area contributed by atoms with Gasteiger partial charge in [0.15, 0.2) is 0 Å². The quantitative estimate of drug-likeness (QED) is 0.805. The van der Waals surface area contributed by atoms with Crippen LogP contribution in [0.1, 0.15) is 6.92 Å². The molecule has 0 saturated heterocycles. The molecule has 0 atom stereocenters. The summed E-state index contributed by atoms with van der Waals surface area (Å²) >= 11 is 0. The molecule has 2 aromatic rings. The SMILES string of the molecule is CC(=O)CN(C)c1ccc2[nH]c(=O)[nH]c2c1. The van der Waals surface area contributed by atoms with Crippen molar-refractivity contribution >= 4 is 22.5 Å². The van der Waals surface area contributed by atoms with E-state index in [-0.39, 0.29) is 11.5 Å². The number of aromatic nitrogens is 2. The Morgan fingerprint density at radius 3 is 2.69 bits per heavy atom. The highest BCUT2D eigenvalue weighted by Gasteiger charge is 2.05. The zero-order valence-corrected chi connectivity index (χ0v) is 9.20. The first-order chi connectivity index (χ1) is 7.56. The van der Waals surface area contributed by atoms with Crippen molar-refractivity contribution in [3.8, 4) is 0 Å². The smallest absolute Gasteiger partial charge is 0.323 e. The molecule has 1 aromatic carbocycles. The van der Waals surface area contributed by atoms with Crippen LogP contribution in [0.2, 0.25) is 0 Å². The molecule has 1 heterocycles. The van der Waals surface area contributed by atoms with Gasteiger partial charge in [0, 0.05) is 12.7 Å². The maximum atomic E-state index is 11.1. The average molecular weight is 219 g/mol. The highest BCUT2D eigenvalue weighted by molar-refractivity contribution is 5.83. The average Bonchev–Trinajstić information content (AvgIpc) is 2.55. The van der Waals surface area contributed by atoms with Gasteiger partial charge < -0.3 is 14.9 Å². The van der Waals surface area contributed by atoms with Crippen molar-refractivity contribution < 1.29 is 4.79 Å². The van der Waals surface area contributed by atoms with Gasteiger partial charge in [0.2, 0.25) is 0 Å². The largest absolute Gasteiger partial charge is 0.367 e. The topological polar surface area (TPSA) is 69.0 Å². The van der Waals surface area contributed by atoms with Crippen LogP contribution in [0.15, 0.2) is 23.0 Å². The van der Waals surface area contributed by atoms with E-state index in [2.05, 4.69) is 9.97 Å². The van der Waals surface area contributed by atoms with Crippen molar-refractivity contribution in [1.82, 2.24) is 9.97 Å². The van der Waals surface area contributed by atoms with E-state index in [4.69, 9.17) is 0 Å². The third-order valence-electron chi connectivity index (χ3n) is 2.40. The predicted octanol–water partition coefficient (Wildman–Crippen LogP) is 0.881. The van der Waals surface area contributed by atoms with Gasteiger partial charge in [-0.2, -0.15) is 0 Å². The Morgan fingerprint density at radius 1 is 1.31 bits per heavy atom. The van der Waals surface area contributed by atoms with Gasteiger partial charge in [-0.05, 0) is 25.1 Å².